The van der Waals surface area contributed by atoms with Crippen LogP contribution in [0.3, 0.4) is 0 Å². The Bertz CT molecular complexity index is 1250. The van der Waals surface area contributed by atoms with Crippen LogP contribution in [0.1, 0.15) is 20.7 Å². The third-order valence-electron chi connectivity index (χ3n) is 4.34. The van der Waals surface area contributed by atoms with E-state index in [0.29, 0.717) is 27.9 Å². The van der Waals surface area contributed by atoms with Crippen LogP contribution in [0.15, 0.2) is 58.8 Å². The van der Waals surface area contributed by atoms with Crippen LogP contribution >= 0.6 is 22.9 Å². The summed E-state index contributed by atoms with van der Waals surface area (Å²) in [7, 11) is -4.00. The molecule has 0 unspecified atom stereocenters. The molecule has 3 amide bonds. The number of benzene rings is 2. The predicted molar refractivity (Wildman–Crippen MR) is 109 cm³/mol. The summed E-state index contributed by atoms with van der Waals surface area (Å²) in [5.74, 6) is -0.866. The monoisotopic (exact) mass is 446 g/mol. The average Bonchev–Trinajstić information content (AvgIpc) is 3.21. The van der Waals surface area contributed by atoms with Gasteiger partial charge in [-0.1, -0.05) is 35.9 Å². The van der Waals surface area contributed by atoms with Crippen molar-refractivity contribution in [3.63, 3.8) is 0 Å². The number of amides is 3. The molecule has 1 N–H and O–H groups in total. The lowest BCUT2D eigenvalue weighted by Gasteiger charge is -2.15. The van der Waals surface area contributed by atoms with Crippen molar-refractivity contribution in [2.24, 2.45) is 0 Å². The molecule has 29 heavy (non-hydrogen) atoms. The summed E-state index contributed by atoms with van der Waals surface area (Å²) in [6, 6.07) is 14.4. The molecule has 1 aromatic heterocycles. The zero-order valence-electron chi connectivity index (χ0n) is 14.5. The number of imide groups is 1. The van der Waals surface area contributed by atoms with Crippen LogP contribution < -0.4 is 9.62 Å². The van der Waals surface area contributed by atoms with E-state index in [4.69, 9.17) is 11.6 Å². The Labute approximate surface area is 174 Å². The smallest absolute Gasteiger partial charge is 0.273 e. The van der Waals surface area contributed by atoms with Gasteiger partial charge in [-0.3, -0.25) is 19.1 Å². The minimum atomic E-state index is -4.00. The number of hydrogen-bond acceptors (Lipinski definition) is 6. The van der Waals surface area contributed by atoms with Gasteiger partial charge in [-0.2, -0.15) is 0 Å². The van der Waals surface area contributed by atoms with Crippen molar-refractivity contribution in [2.75, 3.05) is 4.90 Å². The molecule has 0 aliphatic carbocycles. The number of fused-ring (bicyclic) bond motifs is 1. The quantitative estimate of drug-likeness (QED) is 0.478. The van der Waals surface area contributed by atoms with Gasteiger partial charge in [-0.05, 0) is 35.9 Å². The maximum atomic E-state index is 12.7. The maximum absolute atomic E-state index is 12.7. The van der Waals surface area contributed by atoms with E-state index in [1.54, 1.807) is 53.3 Å². The highest BCUT2D eigenvalue weighted by molar-refractivity contribution is 7.92. The third kappa shape index (κ3) is 3.23. The first-order valence-corrected chi connectivity index (χ1v) is 10.8. The maximum Gasteiger partial charge on any atom is 0.273 e. The van der Waals surface area contributed by atoms with Crippen molar-refractivity contribution >= 4 is 56.9 Å². The summed E-state index contributed by atoms with van der Waals surface area (Å²) < 4.78 is 25.9. The van der Waals surface area contributed by atoms with Crippen LogP contribution in [0.4, 0.5) is 5.69 Å². The Morgan fingerprint density at radius 2 is 1.59 bits per heavy atom. The molecule has 4 rings (SSSR count). The molecule has 0 spiro atoms. The van der Waals surface area contributed by atoms with Crippen LogP contribution in [0.2, 0.25) is 4.34 Å². The van der Waals surface area contributed by atoms with Gasteiger partial charge in [-0.25, -0.2) is 13.3 Å². The van der Waals surface area contributed by atoms with E-state index < -0.39 is 21.8 Å². The van der Waals surface area contributed by atoms with Gasteiger partial charge in [-0.15, -0.1) is 11.3 Å². The number of nitrogens with zero attached hydrogens (tertiary/aromatic N) is 1. The molecule has 1 aliphatic heterocycles. The fraction of sp³-hybridized carbons (Fsp3) is 0. The van der Waals surface area contributed by atoms with Gasteiger partial charge in [0.1, 0.15) is 8.55 Å². The SMILES string of the molecule is O=CNS(=O)(=O)c1cc(-c2cccc(N3C(=O)c4ccccc4C3=O)c2)c(Cl)s1. The van der Waals surface area contributed by atoms with Gasteiger partial charge in [0.15, 0.2) is 0 Å². The van der Waals surface area contributed by atoms with Crippen molar-refractivity contribution in [2.45, 2.75) is 4.21 Å². The fourth-order valence-electron chi connectivity index (χ4n) is 3.03. The van der Waals surface area contributed by atoms with Crippen molar-refractivity contribution < 1.29 is 22.8 Å². The summed E-state index contributed by atoms with van der Waals surface area (Å²) in [6.07, 6.45) is 0.0749. The van der Waals surface area contributed by atoms with Crippen molar-refractivity contribution in [1.82, 2.24) is 4.72 Å². The minimum Gasteiger partial charge on any atom is -0.278 e. The first-order chi connectivity index (χ1) is 13.8. The van der Waals surface area contributed by atoms with E-state index in [0.717, 1.165) is 16.2 Å². The Hall–Kier alpha value is -3.01. The summed E-state index contributed by atoms with van der Waals surface area (Å²) >= 11 is 7.01. The van der Waals surface area contributed by atoms with E-state index in [-0.39, 0.29) is 15.0 Å². The molecule has 0 radical (unpaired) electrons. The second-order valence-electron chi connectivity index (χ2n) is 6.03. The summed E-state index contributed by atoms with van der Waals surface area (Å²) in [5.41, 5.74) is 1.91. The second kappa shape index (κ2) is 7.11. The molecule has 2 aromatic carbocycles. The number of carbonyl (C=O) groups is 3. The van der Waals surface area contributed by atoms with Crippen molar-refractivity contribution in [3.8, 4) is 11.1 Å². The van der Waals surface area contributed by atoms with Crippen LogP contribution in [-0.2, 0) is 14.8 Å². The van der Waals surface area contributed by atoms with E-state index in [1.165, 1.54) is 6.07 Å². The Kier molecular flexibility index (Phi) is 4.73. The van der Waals surface area contributed by atoms with E-state index in [9.17, 15) is 22.8 Å². The molecule has 0 saturated heterocycles. The van der Waals surface area contributed by atoms with Gasteiger partial charge in [0, 0.05) is 5.56 Å². The number of nitrogens with one attached hydrogen (secondary N) is 1. The molecule has 0 atom stereocenters. The highest BCUT2D eigenvalue weighted by Gasteiger charge is 2.36. The van der Waals surface area contributed by atoms with Crippen LogP contribution in [0.25, 0.3) is 11.1 Å². The van der Waals surface area contributed by atoms with Crippen LogP contribution in [0.5, 0.6) is 0 Å². The molecule has 0 saturated carbocycles. The van der Waals surface area contributed by atoms with Crippen LogP contribution in [0, 0.1) is 0 Å². The van der Waals surface area contributed by atoms with Gasteiger partial charge >= 0.3 is 0 Å². The Morgan fingerprint density at radius 1 is 0.931 bits per heavy atom. The number of sulfonamides is 1. The van der Waals surface area contributed by atoms with E-state index >= 15 is 0 Å². The molecule has 2 heterocycles. The lowest BCUT2D eigenvalue weighted by molar-refractivity contribution is -0.108. The van der Waals surface area contributed by atoms with Crippen molar-refractivity contribution in [1.29, 1.82) is 0 Å². The largest absolute Gasteiger partial charge is 0.278 e. The first kappa shape index (κ1) is 19.3. The number of rotatable bonds is 5. The lowest BCUT2D eigenvalue weighted by atomic mass is 10.1. The number of thiophene rings is 1. The third-order valence-corrected chi connectivity index (χ3v) is 7.46. The highest BCUT2D eigenvalue weighted by atomic mass is 35.5. The molecule has 10 heteroatoms. The van der Waals surface area contributed by atoms with Gasteiger partial charge in [0.05, 0.1) is 16.8 Å². The molecular formula is C19H11ClN2O5S2. The van der Waals surface area contributed by atoms with Gasteiger partial charge in [0.2, 0.25) is 6.41 Å². The average molecular weight is 447 g/mol. The molecule has 3 aromatic rings. The van der Waals surface area contributed by atoms with Crippen molar-refractivity contribution in [3.05, 3.63) is 70.1 Å². The van der Waals surface area contributed by atoms with E-state index in [2.05, 4.69) is 0 Å². The second-order valence-corrected chi connectivity index (χ2v) is 9.63. The standard InChI is InChI=1S/C19H11ClN2O5S2/c20-17-15(9-16(28-17)29(26,27)21-10-23)11-4-3-5-12(8-11)22-18(24)13-6-1-2-7-14(13)19(22)25/h1-10H,(H,21,23). The predicted octanol–water partition coefficient (Wildman–Crippen LogP) is 3.30. The van der Waals surface area contributed by atoms with Crippen LogP contribution in [-0.4, -0.2) is 26.6 Å². The molecule has 0 fully saturated rings. The topological polar surface area (TPSA) is 101 Å². The fourth-order valence-corrected chi connectivity index (χ4v) is 5.57. The first-order valence-electron chi connectivity index (χ1n) is 8.17. The summed E-state index contributed by atoms with van der Waals surface area (Å²) in [4.78, 5) is 37.0. The minimum absolute atomic E-state index is 0.0749. The number of halogens is 1. The Morgan fingerprint density at radius 3 is 2.21 bits per heavy atom. The number of carbonyl (C=O) groups excluding carboxylic acids is 3. The lowest BCUT2D eigenvalue weighted by Crippen LogP contribution is -2.29. The normalized spacial score (nSPS) is 13.5. The molecule has 146 valence electrons. The molecule has 0 bridgehead atoms. The Balaban J connectivity index is 1.75. The zero-order valence-corrected chi connectivity index (χ0v) is 16.8. The molecular weight excluding hydrogens is 436 g/mol. The summed E-state index contributed by atoms with van der Waals surface area (Å²) in [6.45, 7) is 0. The van der Waals surface area contributed by atoms with Gasteiger partial charge in [0.25, 0.3) is 21.8 Å². The molecule has 1 aliphatic rings. The highest BCUT2D eigenvalue weighted by Crippen LogP contribution is 2.39. The summed E-state index contributed by atoms with van der Waals surface area (Å²) in [5, 5.41) is 0. The van der Waals surface area contributed by atoms with Gasteiger partial charge < -0.3 is 0 Å². The number of anilines is 1. The zero-order chi connectivity index (χ0) is 20.8. The van der Waals surface area contributed by atoms with E-state index in [1.807, 2.05) is 0 Å². The number of hydrogen-bond donors (Lipinski definition) is 1. The molecule has 7 nitrogen and oxygen atoms in total.